The average molecular weight is 293 g/mol. The van der Waals surface area contributed by atoms with Gasteiger partial charge in [0.25, 0.3) is 0 Å². The van der Waals surface area contributed by atoms with Gasteiger partial charge in [0, 0.05) is 0 Å². The third-order valence-electron chi connectivity index (χ3n) is 4.77. The molecule has 116 valence electrons. The molecule has 0 heterocycles. The summed E-state index contributed by atoms with van der Waals surface area (Å²) in [4.78, 5) is 23.6. The van der Waals surface area contributed by atoms with Crippen LogP contribution in [0.5, 0.6) is 0 Å². The van der Waals surface area contributed by atoms with Gasteiger partial charge in [-0.15, -0.1) is 0 Å². The van der Waals surface area contributed by atoms with Crippen LogP contribution in [0.1, 0.15) is 40.4 Å². The van der Waals surface area contributed by atoms with Crippen molar-refractivity contribution in [3.05, 3.63) is 23.8 Å². The van der Waals surface area contributed by atoms with Crippen molar-refractivity contribution in [1.29, 1.82) is 0 Å². The molecule has 0 N–H and O–H groups in total. The molecule has 0 fully saturated rings. The zero-order valence-corrected chi connectivity index (χ0v) is 13.0. The molecule has 0 spiro atoms. The predicted molar refractivity (Wildman–Crippen MR) is 79.4 cm³/mol. The maximum absolute atomic E-state index is 11.8. The van der Waals surface area contributed by atoms with Gasteiger partial charge in [-0.25, -0.2) is 0 Å². The van der Waals surface area contributed by atoms with Crippen molar-refractivity contribution < 1.29 is 20.4 Å². The van der Waals surface area contributed by atoms with Gasteiger partial charge in [-0.05, 0) is 49.0 Å². The minimum absolute atomic E-state index is 0.132. The molecule has 0 radical (unpaired) electrons. The number of carbonyl (C=O) groups is 2. The number of methoxy groups -OCH3 is 2. The number of fused-ring (bicyclic) bond motifs is 1. The van der Waals surface area contributed by atoms with Gasteiger partial charge in [0.1, 0.15) is 0 Å². The average Bonchev–Trinajstić information content (AvgIpc) is 2.52. The van der Waals surface area contributed by atoms with Crippen LogP contribution in [-0.4, -0.2) is 26.2 Å². The van der Waals surface area contributed by atoms with Crippen LogP contribution < -0.4 is 0 Å². The van der Waals surface area contributed by atoms with E-state index in [0.717, 1.165) is 25.7 Å². The Kier molecular flexibility index (Phi) is 4.42. The topological polar surface area (TPSA) is 52.6 Å². The lowest BCUT2D eigenvalue weighted by molar-refractivity contribution is -0.159. The summed E-state index contributed by atoms with van der Waals surface area (Å²) in [7, 11) is 2.57. The summed E-state index contributed by atoms with van der Waals surface area (Å²) in [5.74, 6) is -1.82. The van der Waals surface area contributed by atoms with E-state index in [2.05, 4.69) is 13.0 Å². The van der Waals surface area contributed by atoms with Crippen molar-refractivity contribution in [2.75, 3.05) is 14.2 Å². The zero-order chi connectivity index (χ0) is 16.3. The fraction of sp³-hybridized carbons (Fsp3) is 0.647. The molecule has 0 saturated heterocycles. The minimum Gasteiger partial charge on any atom is -0.468 e. The number of hydrogen-bond acceptors (Lipinski definition) is 4. The summed E-state index contributed by atoms with van der Waals surface area (Å²) in [6.07, 6.45) is 8.26. The molecule has 4 heteroatoms. The second kappa shape index (κ2) is 6.46. The van der Waals surface area contributed by atoms with E-state index in [1.807, 2.05) is 6.08 Å². The Hall–Kier alpha value is -1.58. The van der Waals surface area contributed by atoms with Crippen molar-refractivity contribution in [2.45, 2.75) is 39.0 Å². The summed E-state index contributed by atoms with van der Waals surface area (Å²) in [6, 6.07) is 0.655. The van der Waals surface area contributed by atoms with Gasteiger partial charge in [0.05, 0.1) is 15.6 Å². The highest BCUT2D eigenvalue weighted by molar-refractivity contribution is 5.94. The van der Waals surface area contributed by atoms with Gasteiger partial charge in [0.2, 0.25) is 0 Å². The largest absolute Gasteiger partial charge is 0.468 e. The molecule has 0 bridgehead atoms. The number of allylic oxidation sites excluding steroid dienone is 4. The first-order chi connectivity index (χ1) is 10.4. The number of esters is 2. The van der Waals surface area contributed by atoms with E-state index in [9.17, 15) is 9.59 Å². The standard InChI is InChI=1S/C17H24O4/c1-17-8-5-4-6-13(17)10-12(7-9-17)11-14(15(18)20-2)16(19)21-3/h4,6,10,12,14H,5,7-9,11H2,1-3H3/t12-,17-/m1/s1/i4D. The molecule has 0 amide bonds. The fourth-order valence-electron chi connectivity index (χ4n) is 3.27. The smallest absolute Gasteiger partial charge is 0.320 e. The number of hydrogen-bond donors (Lipinski definition) is 0. The Balaban J connectivity index is 2.18. The number of rotatable bonds is 4. The first kappa shape index (κ1) is 14.4. The van der Waals surface area contributed by atoms with Crippen LogP contribution in [0, 0.1) is 17.3 Å². The summed E-state index contributed by atoms with van der Waals surface area (Å²) < 4.78 is 17.3. The second-order valence-corrected chi connectivity index (χ2v) is 6.16. The number of ether oxygens (including phenoxy) is 2. The summed E-state index contributed by atoms with van der Waals surface area (Å²) in [5, 5.41) is 0. The quantitative estimate of drug-likeness (QED) is 0.590. The van der Waals surface area contributed by atoms with Crippen molar-refractivity contribution >= 4 is 11.9 Å². The van der Waals surface area contributed by atoms with Gasteiger partial charge >= 0.3 is 11.9 Å². The third-order valence-corrected chi connectivity index (χ3v) is 4.77. The van der Waals surface area contributed by atoms with E-state index in [-0.39, 0.29) is 11.3 Å². The van der Waals surface area contributed by atoms with Gasteiger partial charge in [-0.2, -0.15) is 0 Å². The lowest BCUT2D eigenvalue weighted by Crippen LogP contribution is -2.31. The molecule has 0 aliphatic heterocycles. The maximum Gasteiger partial charge on any atom is 0.320 e. The molecule has 2 aliphatic rings. The van der Waals surface area contributed by atoms with E-state index in [4.69, 9.17) is 10.8 Å². The molecule has 0 aromatic heterocycles. The van der Waals surface area contributed by atoms with Crippen molar-refractivity contribution in [3.8, 4) is 0 Å². The van der Waals surface area contributed by atoms with Gasteiger partial charge in [-0.1, -0.05) is 25.1 Å². The van der Waals surface area contributed by atoms with Crippen LogP contribution in [0.4, 0.5) is 0 Å². The monoisotopic (exact) mass is 293 g/mol. The zero-order valence-electron chi connectivity index (χ0n) is 14.0. The van der Waals surface area contributed by atoms with Gasteiger partial charge in [0.15, 0.2) is 5.92 Å². The minimum atomic E-state index is -0.871. The Morgan fingerprint density at radius 3 is 2.67 bits per heavy atom. The van der Waals surface area contributed by atoms with E-state index >= 15 is 0 Å². The fourth-order valence-corrected chi connectivity index (χ4v) is 3.27. The summed E-state index contributed by atoms with van der Waals surface area (Å²) >= 11 is 0. The molecule has 21 heavy (non-hydrogen) atoms. The van der Waals surface area contributed by atoms with E-state index in [1.54, 1.807) is 0 Å². The first-order valence-electron chi connectivity index (χ1n) is 7.95. The van der Waals surface area contributed by atoms with Crippen molar-refractivity contribution in [2.24, 2.45) is 17.3 Å². The van der Waals surface area contributed by atoms with Crippen LogP contribution in [0.2, 0.25) is 0 Å². The molecule has 0 aromatic carbocycles. The molecule has 4 nitrogen and oxygen atoms in total. The maximum atomic E-state index is 11.8. The highest BCUT2D eigenvalue weighted by atomic mass is 16.5. The Labute approximate surface area is 127 Å². The van der Waals surface area contributed by atoms with E-state index < -0.39 is 17.9 Å². The highest BCUT2D eigenvalue weighted by Gasteiger charge is 2.37. The van der Waals surface area contributed by atoms with E-state index in [1.165, 1.54) is 19.8 Å². The van der Waals surface area contributed by atoms with Crippen LogP contribution in [0.25, 0.3) is 0 Å². The Morgan fingerprint density at radius 1 is 1.38 bits per heavy atom. The molecule has 2 atom stereocenters. The van der Waals surface area contributed by atoms with Crippen molar-refractivity contribution in [3.63, 3.8) is 0 Å². The Bertz CT molecular complexity index is 507. The molecule has 0 unspecified atom stereocenters. The molecule has 2 rings (SSSR count). The van der Waals surface area contributed by atoms with Crippen LogP contribution >= 0.6 is 0 Å². The number of carbonyl (C=O) groups excluding carboxylic acids is 2. The van der Waals surface area contributed by atoms with E-state index in [0.29, 0.717) is 12.5 Å². The normalized spacial score (nSPS) is 29.0. The lowest BCUT2D eigenvalue weighted by Gasteiger charge is -2.39. The summed E-state index contributed by atoms with van der Waals surface area (Å²) in [6.45, 7) is 2.23. The SMILES string of the molecule is [2H]C1=CC2=C[C@H](CC(C(=O)OC)C(=O)OC)CC[C@@]2(C)CC1. The lowest BCUT2D eigenvalue weighted by atomic mass is 9.66. The highest BCUT2D eigenvalue weighted by Crippen LogP contribution is 2.46. The van der Waals surface area contributed by atoms with Crippen molar-refractivity contribution in [1.82, 2.24) is 0 Å². The molecular weight excluding hydrogens is 268 g/mol. The van der Waals surface area contributed by atoms with Crippen LogP contribution in [0.3, 0.4) is 0 Å². The van der Waals surface area contributed by atoms with Crippen LogP contribution in [-0.2, 0) is 19.1 Å². The van der Waals surface area contributed by atoms with Gasteiger partial charge < -0.3 is 9.47 Å². The predicted octanol–water partition coefficient (Wildman–Crippen LogP) is 3.03. The third kappa shape index (κ3) is 3.36. The summed E-state index contributed by atoms with van der Waals surface area (Å²) in [5.41, 5.74) is 1.31. The second-order valence-electron chi connectivity index (χ2n) is 6.16. The molecule has 0 saturated carbocycles. The Morgan fingerprint density at radius 2 is 2.05 bits per heavy atom. The molecule has 0 aromatic rings. The first-order valence-corrected chi connectivity index (χ1v) is 7.45. The molecule has 2 aliphatic carbocycles. The molecular formula is C17H24O4. The van der Waals surface area contributed by atoms with Gasteiger partial charge in [-0.3, -0.25) is 9.59 Å². The van der Waals surface area contributed by atoms with Crippen LogP contribution in [0.15, 0.2) is 23.8 Å².